The second-order valence-corrected chi connectivity index (χ2v) is 6.17. The minimum atomic E-state index is -0.306. The highest BCUT2D eigenvalue weighted by molar-refractivity contribution is 5.82. The van der Waals surface area contributed by atoms with Crippen molar-refractivity contribution in [2.45, 2.75) is 33.2 Å². The molecule has 118 valence electrons. The molecule has 1 heterocycles. The van der Waals surface area contributed by atoms with Gasteiger partial charge in [0.2, 0.25) is 0 Å². The van der Waals surface area contributed by atoms with Crippen LogP contribution in [0.15, 0.2) is 57.7 Å². The predicted molar refractivity (Wildman–Crippen MR) is 95.1 cm³/mol. The normalized spacial score (nSPS) is 11.1. The topological polar surface area (TPSA) is 42.2 Å². The van der Waals surface area contributed by atoms with Crippen molar-refractivity contribution in [2.75, 3.05) is 5.32 Å². The van der Waals surface area contributed by atoms with Gasteiger partial charge in [-0.1, -0.05) is 32.0 Å². The SMILES string of the molecule is Cc1cc2oc(=O)cc(CNc3ccccc3)c2cc1C(C)C. The molecule has 0 fully saturated rings. The molecule has 23 heavy (non-hydrogen) atoms. The molecule has 0 aliphatic rings. The summed E-state index contributed by atoms with van der Waals surface area (Å²) in [7, 11) is 0. The molecule has 0 spiro atoms. The lowest BCUT2D eigenvalue weighted by Gasteiger charge is -2.13. The Morgan fingerprint density at radius 1 is 1.09 bits per heavy atom. The first-order chi connectivity index (χ1) is 11.0. The molecule has 0 aliphatic heterocycles. The lowest BCUT2D eigenvalue weighted by Crippen LogP contribution is -2.06. The summed E-state index contributed by atoms with van der Waals surface area (Å²) < 4.78 is 5.39. The van der Waals surface area contributed by atoms with Crippen LogP contribution in [-0.2, 0) is 6.54 Å². The molecule has 0 saturated heterocycles. The van der Waals surface area contributed by atoms with Gasteiger partial charge in [0, 0.05) is 23.7 Å². The first kappa shape index (κ1) is 15.3. The molecule has 0 amide bonds. The molecule has 1 aromatic heterocycles. The van der Waals surface area contributed by atoms with E-state index in [4.69, 9.17) is 4.42 Å². The second kappa shape index (κ2) is 6.29. The van der Waals surface area contributed by atoms with Crippen molar-refractivity contribution in [3.63, 3.8) is 0 Å². The molecule has 3 heteroatoms. The molecule has 0 bridgehead atoms. The molecule has 0 radical (unpaired) electrons. The molecule has 0 atom stereocenters. The summed E-state index contributed by atoms with van der Waals surface area (Å²) in [5, 5.41) is 4.37. The summed E-state index contributed by atoms with van der Waals surface area (Å²) in [6.07, 6.45) is 0. The molecule has 2 aromatic carbocycles. The fraction of sp³-hybridized carbons (Fsp3) is 0.250. The Morgan fingerprint density at radius 3 is 2.52 bits per heavy atom. The van der Waals surface area contributed by atoms with E-state index in [0.29, 0.717) is 18.0 Å². The van der Waals surface area contributed by atoms with Crippen LogP contribution in [-0.4, -0.2) is 0 Å². The first-order valence-corrected chi connectivity index (χ1v) is 7.91. The molecule has 0 aliphatic carbocycles. The maximum absolute atomic E-state index is 11.9. The number of anilines is 1. The molecule has 1 N–H and O–H groups in total. The number of fused-ring (bicyclic) bond motifs is 1. The summed E-state index contributed by atoms with van der Waals surface area (Å²) in [6.45, 7) is 7.00. The van der Waals surface area contributed by atoms with Gasteiger partial charge in [-0.15, -0.1) is 0 Å². The predicted octanol–water partition coefficient (Wildman–Crippen LogP) is 4.84. The van der Waals surface area contributed by atoms with Gasteiger partial charge in [-0.05, 0) is 53.8 Å². The highest BCUT2D eigenvalue weighted by atomic mass is 16.4. The Kier molecular flexibility index (Phi) is 4.20. The smallest absolute Gasteiger partial charge is 0.336 e. The average Bonchev–Trinajstić information content (AvgIpc) is 2.52. The Labute approximate surface area is 136 Å². The summed E-state index contributed by atoms with van der Waals surface area (Å²) in [5.41, 5.74) is 4.78. The van der Waals surface area contributed by atoms with Crippen molar-refractivity contribution in [3.05, 3.63) is 75.6 Å². The van der Waals surface area contributed by atoms with E-state index in [2.05, 4.69) is 32.2 Å². The van der Waals surface area contributed by atoms with Crippen molar-refractivity contribution >= 4 is 16.7 Å². The second-order valence-electron chi connectivity index (χ2n) is 6.17. The third kappa shape index (κ3) is 3.29. The van der Waals surface area contributed by atoms with Crippen molar-refractivity contribution in [3.8, 4) is 0 Å². The monoisotopic (exact) mass is 307 g/mol. The number of benzene rings is 2. The maximum Gasteiger partial charge on any atom is 0.336 e. The lowest BCUT2D eigenvalue weighted by atomic mass is 9.95. The molecular weight excluding hydrogens is 286 g/mol. The van der Waals surface area contributed by atoms with E-state index in [-0.39, 0.29) is 5.63 Å². The molecule has 3 nitrogen and oxygen atoms in total. The van der Waals surface area contributed by atoms with Crippen LogP contribution in [0.4, 0.5) is 5.69 Å². The van der Waals surface area contributed by atoms with E-state index in [0.717, 1.165) is 22.2 Å². The van der Waals surface area contributed by atoms with Gasteiger partial charge in [-0.25, -0.2) is 4.79 Å². The Hall–Kier alpha value is -2.55. The quantitative estimate of drug-likeness (QED) is 0.701. The summed E-state index contributed by atoms with van der Waals surface area (Å²) in [6, 6.07) is 15.7. The van der Waals surface area contributed by atoms with Crippen molar-refractivity contribution in [1.82, 2.24) is 0 Å². The number of para-hydroxylation sites is 1. The minimum Gasteiger partial charge on any atom is -0.423 e. The van der Waals surface area contributed by atoms with Crippen LogP contribution in [0, 0.1) is 6.92 Å². The van der Waals surface area contributed by atoms with Gasteiger partial charge in [0.15, 0.2) is 0 Å². The standard InChI is InChI=1S/C20H21NO2/c1-13(2)17-11-18-15(12-21-16-7-5-4-6-8-16)10-20(22)23-19(18)9-14(17)3/h4-11,13,21H,12H2,1-3H3. The van der Waals surface area contributed by atoms with Crippen molar-refractivity contribution in [2.24, 2.45) is 0 Å². The van der Waals surface area contributed by atoms with E-state index < -0.39 is 0 Å². The van der Waals surface area contributed by atoms with Crippen LogP contribution >= 0.6 is 0 Å². The molecule has 3 rings (SSSR count). The maximum atomic E-state index is 11.9. The Bertz CT molecular complexity index is 879. The van der Waals surface area contributed by atoms with Gasteiger partial charge in [-0.2, -0.15) is 0 Å². The van der Waals surface area contributed by atoms with Gasteiger partial charge in [0.05, 0.1) is 0 Å². The number of nitrogens with one attached hydrogen (secondary N) is 1. The highest BCUT2D eigenvalue weighted by Crippen LogP contribution is 2.27. The van der Waals surface area contributed by atoms with Crippen LogP contribution in [0.2, 0.25) is 0 Å². The van der Waals surface area contributed by atoms with E-state index in [1.807, 2.05) is 36.4 Å². The van der Waals surface area contributed by atoms with Gasteiger partial charge in [-0.3, -0.25) is 0 Å². The minimum absolute atomic E-state index is 0.306. The average molecular weight is 307 g/mol. The highest BCUT2D eigenvalue weighted by Gasteiger charge is 2.11. The molecule has 0 saturated carbocycles. The van der Waals surface area contributed by atoms with Crippen LogP contribution in [0.1, 0.15) is 36.5 Å². The Morgan fingerprint density at radius 2 is 1.83 bits per heavy atom. The zero-order chi connectivity index (χ0) is 16.4. The number of hydrogen-bond donors (Lipinski definition) is 1. The van der Waals surface area contributed by atoms with Crippen molar-refractivity contribution in [1.29, 1.82) is 0 Å². The van der Waals surface area contributed by atoms with E-state index >= 15 is 0 Å². The van der Waals surface area contributed by atoms with Crippen molar-refractivity contribution < 1.29 is 4.42 Å². The number of rotatable bonds is 4. The summed E-state index contributed by atoms with van der Waals surface area (Å²) in [4.78, 5) is 11.9. The van der Waals surface area contributed by atoms with Crippen LogP contribution in [0.3, 0.4) is 0 Å². The molecule has 0 unspecified atom stereocenters. The fourth-order valence-corrected chi connectivity index (χ4v) is 2.91. The Balaban J connectivity index is 2.04. The zero-order valence-electron chi connectivity index (χ0n) is 13.7. The third-order valence-electron chi connectivity index (χ3n) is 4.10. The first-order valence-electron chi connectivity index (χ1n) is 7.91. The largest absolute Gasteiger partial charge is 0.423 e. The fourth-order valence-electron chi connectivity index (χ4n) is 2.91. The zero-order valence-corrected chi connectivity index (χ0v) is 13.7. The van der Waals surface area contributed by atoms with Gasteiger partial charge in [0.1, 0.15) is 5.58 Å². The van der Waals surface area contributed by atoms with Crippen LogP contribution < -0.4 is 10.9 Å². The van der Waals surface area contributed by atoms with Crippen LogP contribution in [0.25, 0.3) is 11.0 Å². The molecular formula is C20H21NO2. The van der Waals surface area contributed by atoms with Gasteiger partial charge >= 0.3 is 5.63 Å². The molecule has 3 aromatic rings. The van der Waals surface area contributed by atoms with E-state index in [1.165, 1.54) is 5.56 Å². The lowest BCUT2D eigenvalue weighted by molar-refractivity contribution is 0.558. The number of hydrogen-bond acceptors (Lipinski definition) is 3. The third-order valence-corrected chi connectivity index (χ3v) is 4.10. The summed E-state index contributed by atoms with van der Waals surface area (Å²) in [5.74, 6) is 0.432. The van der Waals surface area contributed by atoms with Gasteiger partial charge in [0.25, 0.3) is 0 Å². The summed E-state index contributed by atoms with van der Waals surface area (Å²) >= 11 is 0. The van der Waals surface area contributed by atoms with Crippen LogP contribution in [0.5, 0.6) is 0 Å². The van der Waals surface area contributed by atoms with E-state index in [9.17, 15) is 4.79 Å². The van der Waals surface area contributed by atoms with E-state index in [1.54, 1.807) is 6.07 Å². The van der Waals surface area contributed by atoms with Gasteiger partial charge < -0.3 is 9.73 Å². The number of aryl methyl sites for hydroxylation is 1.